The number of hydrogen-bond acceptors (Lipinski definition) is 5. The van der Waals surface area contributed by atoms with Gasteiger partial charge in [0.05, 0.1) is 17.7 Å². The molecule has 0 fully saturated rings. The van der Waals surface area contributed by atoms with Crippen LogP contribution in [0.4, 0.5) is 5.69 Å². The van der Waals surface area contributed by atoms with Crippen molar-refractivity contribution in [1.29, 1.82) is 0 Å². The summed E-state index contributed by atoms with van der Waals surface area (Å²) in [5, 5.41) is 2.91. The van der Waals surface area contributed by atoms with E-state index in [2.05, 4.69) is 5.32 Å². The van der Waals surface area contributed by atoms with Gasteiger partial charge in [0.1, 0.15) is 18.3 Å². The smallest absolute Gasteiger partial charge is 0.264 e. The predicted molar refractivity (Wildman–Crippen MR) is 148 cm³/mol. The predicted octanol–water partition coefficient (Wildman–Crippen LogP) is 4.22. The summed E-state index contributed by atoms with van der Waals surface area (Å²) < 4.78 is 33.8. The second-order valence-corrected chi connectivity index (χ2v) is 11.8. The van der Waals surface area contributed by atoms with Crippen LogP contribution in [0.5, 0.6) is 5.75 Å². The minimum atomic E-state index is -4.08. The number of hydrogen-bond donors (Lipinski definition) is 1. The lowest BCUT2D eigenvalue weighted by Gasteiger charge is -2.33. The van der Waals surface area contributed by atoms with Crippen molar-refractivity contribution in [2.24, 2.45) is 0 Å². The van der Waals surface area contributed by atoms with Crippen LogP contribution in [-0.2, 0) is 26.2 Å². The van der Waals surface area contributed by atoms with E-state index in [0.29, 0.717) is 11.4 Å². The summed E-state index contributed by atoms with van der Waals surface area (Å²) in [4.78, 5) is 28.5. The number of methoxy groups -OCH3 is 1. The van der Waals surface area contributed by atoms with Crippen LogP contribution >= 0.6 is 0 Å². The molecule has 3 rings (SSSR count). The van der Waals surface area contributed by atoms with Crippen LogP contribution in [0.3, 0.4) is 0 Å². The number of amides is 2. The first-order chi connectivity index (χ1) is 17.9. The van der Waals surface area contributed by atoms with Crippen LogP contribution in [0.1, 0.15) is 33.3 Å². The Labute approximate surface area is 225 Å². The Morgan fingerprint density at radius 2 is 1.53 bits per heavy atom. The Morgan fingerprint density at radius 1 is 0.921 bits per heavy atom. The molecule has 0 aromatic heterocycles. The van der Waals surface area contributed by atoms with Crippen LogP contribution in [0, 0.1) is 0 Å². The van der Waals surface area contributed by atoms with E-state index in [1.165, 1.54) is 17.0 Å². The molecule has 0 saturated carbocycles. The molecular formula is C29H35N3O5S. The van der Waals surface area contributed by atoms with Crippen molar-refractivity contribution < 1.29 is 22.7 Å². The maximum atomic E-state index is 13.9. The fourth-order valence-electron chi connectivity index (χ4n) is 3.87. The number of nitrogens with one attached hydrogen (secondary N) is 1. The van der Waals surface area contributed by atoms with Gasteiger partial charge < -0.3 is 15.0 Å². The van der Waals surface area contributed by atoms with Crippen LogP contribution in [0.15, 0.2) is 89.8 Å². The number of benzene rings is 3. The molecule has 0 aliphatic heterocycles. The lowest BCUT2D eigenvalue weighted by Crippen LogP contribution is -2.54. The maximum Gasteiger partial charge on any atom is 0.264 e. The van der Waals surface area contributed by atoms with Crippen LogP contribution in [-0.4, -0.2) is 50.4 Å². The zero-order chi connectivity index (χ0) is 27.9. The minimum absolute atomic E-state index is 0.0644. The zero-order valence-electron chi connectivity index (χ0n) is 22.4. The van der Waals surface area contributed by atoms with Crippen LogP contribution in [0.2, 0.25) is 0 Å². The van der Waals surface area contributed by atoms with Gasteiger partial charge in [-0.15, -0.1) is 0 Å². The van der Waals surface area contributed by atoms with E-state index in [0.717, 1.165) is 9.87 Å². The van der Waals surface area contributed by atoms with Crippen molar-refractivity contribution >= 4 is 27.5 Å². The van der Waals surface area contributed by atoms with Crippen molar-refractivity contribution in [2.75, 3.05) is 18.0 Å². The average molecular weight is 538 g/mol. The van der Waals surface area contributed by atoms with Gasteiger partial charge in [-0.05, 0) is 69.7 Å². The van der Waals surface area contributed by atoms with E-state index in [4.69, 9.17) is 4.74 Å². The van der Waals surface area contributed by atoms with Gasteiger partial charge in [0.15, 0.2) is 0 Å². The van der Waals surface area contributed by atoms with Crippen LogP contribution < -0.4 is 14.4 Å². The van der Waals surface area contributed by atoms with Gasteiger partial charge in [0.25, 0.3) is 10.0 Å². The number of rotatable bonds is 10. The van der Waals surface area contributed by atoms with Gasteiger partial charge in [-0.2, -0.15) is 0 Å². The molecule has 202 valence electrons. The standard InChI is InChI=1S/C29H35N3O5S/c1-22(28(34)30-29(2,3)4)31(20-23-13-12-16-25(19-23)37-5)27(33)21-32(24-14-8-6-9-15-24)38(35,36)26-17-10-7-11-18-26/h6-19,22H,20-21H2,1-5H3,(H,30,34)/t22-/m0/s1. The number of carbonyl (C=O) groups is 2. The maximum absolute atomic E-state index is 13.9. The molecule has 0 aliphatic rings. The summed E-state index contributed by atoms with van der Waals surface area (Å²) in [6.07, 6.45) is 0. The number of carbonyl (C=O) groups excluding carboxylic acids is 2. The molecule has 0 spiro atoms. The second-order valence-electron chi connectivity index (χ2n) is 9.95. The van der Waals surface area contributed by atoms with Crippen LogP contribution in [0.25, 0.3) is 0 Å². The number of sulfonamides is 1. The fourth-order valence-corrected chi connectivity index (χ4v) is 5.30. The minimum Gasteiger partial charge on any atom is -0.497 e. The van der Waals surface area contributed by atoms with Gasteiger partial charge >= 0.3 is 0 Å². The highest BCUT2D eigenvalue weighted by Gasteiger charge is 2.33. The summed E-state index contributed by atoms with van der Waals surface area (Å²) in [6.45, 7) is 6.80. The largest absolute Gasteiger partial charge is 0.497 e. The van der Waals surface area contributed by atoms with E-state index >= 15 is 0 Å². The summed E-state index contributed by atoms with van der Waals surface area (Å²) in [5.41, 5.74) is 0.575. The van der Waals surface area contributed by atoms with E-state index < -0.39 is 34.1 Å². The van der Waals surface area contributed by atoms with E-state index in [-0.39, 0.29) is 17.3 Å². The molecule has 0 heterocycles. The number of nitrogens with zero attached hydrogens (tertiary/aromatic N) is 2. The topological polar surface area (TPSA) is 96.0 Å². The van der Waals surface area contributed by atoms with E-state index in [1.807, 2.05) is 26.8 Å². The molecule has 38 heavy (non-hydrogen) atoms. The Morgan fingerprint density at radius 3 is 2.11 bits per heavy atom. The fraction of sp³-hybridized carbons (Fsp3) is 0.310. The summed E-state index contributed by atoms with van der Waals surface area (Å²) in [5.74, 6) is -0.252. The average Bonchev–Trinajstić information content (AvgIpc) is 2.90. The van der Waals surface area contributed by atoms with Gasteiger partial charge in [-0.1, -0.05) is 48.5 Å². The lowest BCUT2D eigenvalue weighted by molar-refractivity contribution is -0.140. The second kappa shape index (κ2) is 12.1. The number of ether oxygens (including phenoxy) is 1. The molecule has 1 N–H and O–H groups in total. The van der Waals surface area contributed by atoms with Crippen molar-refractivity contribution in [3.05, 3.63) is 90.5 Å². The number of anilines is 1. The SMILES string of the molecule is COc1cccc(CN(C(=O)CN(c2ccccc2)S(=O)(=O)c2ccccc2)[C@@H](C)C(=O)NC(C)(C)C)c1. The van der Waals surface area contributed by atoms with Gasteiger partial charge in [0.2, 0.25) is 11.8 Å². The van der Waals surface area contributed by atoms with Gasteiger partial charge in [0, 0.05) is 12.1 Å². The molecule has 0 aliphatic carbocycles. The Hall–Kier alpha value is -3.85. The van der Waals surface area contributed by atoms with Gasteiger partial charge in [-0.25, -0.2) is 8.42 Å². The molecule has 0 bridgehead atoms. The molecule has 3 aromatic rings. The number of para-hydroxylation sites is 1. The third-order valence-electron chi connectivity index (χ3n) is 5.81. The highest BCUT2D eigenvalue weighted by atomic mass is 32.2. The van der Waals surface area contributed by atoms with Crippen molar-refractivity contribution in [2.45, 2.75) is 50.7 Å². The molecule has 1 atom stereocenters. The highest BCUT2D eigenvalue weighted by Crippen LogP contribution is 2.24. The molecule has 0 radical (unpaired) electrons. The molecule has 8 nitrogen and oxygen atoms in total. The first-order valence-electron chi connectivity index (χ1n) is 12.3. The summed E-state index contributed by atoms with van der Waals surface area (Å²) in [6, 6.07) is 22.7. The monoisotopic (exact) mass is 537 g/mol. The molecule has 3 aromatic carbocycles. The summed E-state index contributed by atoms with van der Waals surface area (Å²) >= 11 is 0. The molecule has 0 saturated heterocycles. The highest BCUT2D eigenvalue weighted by molar-refractivity contribution is 7.92. The lowest BCUT2D eigenvalue weighted by atomic mass is 10.1. The first kappa shape index (κ1) is 28.7. The molecular weight excluding hydrogens is 502 g/mol. The quantitative estimate of drug-likeness (QED) is 0.418. The van der Waals surface area contributed by atoms with Crippen molar-refractivity contribution in [3.8, 4) is 5.75 Å². The van der Waals surface area contributed by atoms with E-state index in [9.17, 15) is 18.0 Å². The van der Waals surface area contributed by atoms with E-state index in [1.54, 1.807) is 80.8 Å². The molecule has 0 unspecified atom stereocenters. The summed E-state index contributed by atoms with van der Waals surface area (Å²) in [7, 11) is -2.53. The third-order valence-corrected chi connectivity index (χ3v) is 7.59. The Bertz CT molecular complexity index is 1340. The Kier molecular flexibility index (Phi) is 9.17. The van der Waals surface area contributed by atoms with Gasteiger partial charge in [-0.3, -0.25) is 13.9 Å². The molecule has 2 amide bonds. The first-order valence-corrected chi connectivity index (χ1v) is 13.7. The molecule has 9 heteroatoms. The zero-order valence-corrected chi connectivity index (χ0v) is 23.2. The Balaban J connectivity index is 2.01. The van der Waals surface area contributed by atoms with Crippen molar-refractivity contribution in [3.63, 3.8) is 0 Å². The van der Waals surface area contributed by atoms with Crippen molar-refractivity contribution in [1.82, 2.24) is 10.2 Å². The third kappa shape index (κ3) is 7.35. The normalized spacial score (nSPS) is 12.3.